The number of benzene rings is 1. The lowest BCUT2D eigenvalue weighted by Crippen LogP contribution is -2.50. The third-order valence-electron chi connectivity index (χ3n) is 6.77. The molecule has 1 saturated heterocycles. The molecular formula is C24H29N5O2S. The van der Waals surface area contributed by atoms with Crippen LogP contribution in [0.2, 0.25) is 0 Å². The molecule has 7 nitrogen and oxygen atoms in total. The number of carbonyl (C=O) groups is 1. The first-order chi connectivity index (χ1) is 15.5. The van der Waals surface area contributed by atoms with E-state index in [4.69, 9.17) is 4.98 Å². The summed E-state index contributed by atoms with van der Waals surface area (Å²) in [5.74, 6) is 0.938. The zero-order valence-electron chi connectivity index (χ0n) is 18.7. The number of rotatable bonds is 4. The van der Waals surface area contributed by atoms with Gasteiger partial charge in [0.25, 0.3) is 5.56 Å². The number of thiophene rings is 1. The summed E-state index contributed by atoms with van der Waals surface area (Å²) in [4.78, 5) is 41.6. The highest BCUT2D eigenvalue weighted by Gasteiger charge is 2.25. The molecule has 3 aromatic rings. The van der Waals surface area contributed by atoms with Crippen molar-refractivity contribution < 1.29 is 4.79 Å². The highest BCUT2D eigenvalue weighted by atomic mass is 32.1. The van der Waals surface area contributed by atoms with Crippen LogP contribution in [-0.2, 0) is 24.3 Å². The first-order valence-electron chi connectivity index (χ1n) is 11.3. The van der Waals surface area contributed by atoms with Crippen molar-refractivity contribution in [1.29, 1.82) is 0 Å². The molecule has 8 heteroatoms. The number of aryl methyl sites for hydroxylation is 2. The topological polar surface area (TPSA) is 72.5 Å². The number of aromatic amines is 1. The maximum Gasteiger partial charge on any atom is 0.259 e. The van der Waals surface area contributed by atoms with Gasteiger partial charge in [0.05, 0.1) is 18.5 Å². The summed E-state index contributed by atoms with van der Waals surface area (Å²) in [6.45, 7) is 10.1. The van der Waals surface area contributed by atoms with Crippen molar-refractivity contribution in [3.63, 3.8) is 0 Å². The van der Waals surface area contributed by atoms with Crippen molar-refractivity contribution in [1.82, 2.24) is 24.7 Å². The van der Waals surface area contributed by atoms with Crippen LogP contribution in [0.5, 0.6) is 0 Å². The Balaban J connectivity index is 1.15. The van der Waals surface area contributed by atoms with Crippen LogP contribution >= 0.6 is 11.3 Å². The minimum Gasteiger partial charge on any atom is -0.337 e. The van der Waals surface area contributed by atoms with E-state index in [0.29, 0.717) is 13.1 Å². The van der Waals surface area contributed by atoms with Gasteiger partial charge in [-0.15, -0.1) is 11.3 Å². The average molecular weight is 452 g/mol. The van der Waals surface area contributed by atoms with Crippen molar-refractivity contribution in [2.24, 2.45) is 0 Å². The van der Waals surface area contributed by atoms with Crippen molar-refractivity contribution in [3.05, 3.63) is 62.0 Å². The van der Waals surface area contributed by atoms with Gasteiger partial charge in [0.2, 0.25) is 5.91 Å². The van der Waals surface area contributed by atoms with Crippen LogP contribution in [0, 0.1) is 13.8 Å². The van der Waals surface area contributed by atoms with Gasteiger partial charge in [0.15, 0.2) is 0 Å². The summed E-state index contributed by atoms with van der Waals surface area (Å²) < 4.78 is 0. The smallest absolute Gasteiger partial charge is 0.259 e. The summed E-state index contributed by atoms with van der Waals surface area (Å²) in [5.41, 5.74) is 3.62. The summed E-state index contributed by atoms with van der Waals surface area (Å²) in [6.07, 6.45) is 0.939. The SMILES string of the molecule is Cc1sc2nc(CN3CCN(CC(=O)N4CCc5ccccc5C4)CC3)[nH]c(=O)c2c1C. The van der Waals surface area contributed by atoms with E-state index in [1.54, 1.807) is 11.3 Å². The summed E-state index contributed by atoms with van der Waals surface area (Å²) in [5, 5.41) is 0.722. The Morgan fingerprint density at radius 1 is 1.06 bits per heavy atom. The number of carbonyl (C=O) groups excluding carboxylic acids is 1. The number of aromatic nitrogens is 2. The molecule has 0 spiro atoms. The van der Waals surface area contributed by atoms with Crippen LogP contribution in [-0.4, -0.2) is 69.8 Å². The number of nitrogens with zero attached hydrogens (tertiary/aromatic N) is 4. The normalized spacial score (nSPS) is 17.6. The lowest BCUT2D eigenvalue weighted by atomic mass is 10.00. The Morgan fingerprint density at radius 2 is 1.78 bits per heavy atom. The predicted octanol–water partition coefficient (Wildman–Crippen LogP) is 2.30. The van der Waals surface area contributed by atoms with E-state index >= 15 is 0 Å². The number of nitrogens with one attached hydrogen (secondary N) is 1. The van der Waals surface area contributed by atoms with Gasteiger partial charge < -0.3 is 9.88 Å². The second-order valence-electron chi connectivity index (χ2n) is 8.86. The van der Waals surface area contributed by atoms with Crippen LogP contribution in [0.25, 0.3) is 10.2 Å². The Morgan fingerprint density at radius 3 is 2.56 bits per heavy atom. The van der Waals surface area contributed by atoms with Crippen molar-refractivity contribution in [3.8, 4) is 0 Å². The molecule has 168 valence electrons. The van der Waals surface area contributed by atoms with E-state index in [1.165, 1.54) is 11.1 Å². The third kappa shape index (κ3) is 4.22. The molecular weight excluding hydrogens is 422 g/mol. The molecule has 0 bridgehead atoms. The molecule has 2 aliphatic rings. The first-order valence-corrected chi connectivity index (χ1v) is 12.1. The lowest BCUT2D eigenvalue weighted by molar-refractivity contribution is -0.133. The van der Waals surface area contributed by atoms with Crippen LogP contribution < -0.4 is 5.56 Å². The Bertz CT molecular complexity index is 1210. The molecule has 5 rings (SSSR count). The predicted molar refractivity (Wildman–Crippen MR) is 127 cm³/mol. The molecule has 32 heavy (non-hydrogen) atoms. The molecule has 0 saturated carbocycles. The molecule has 2 aliphatic heterocycles. The maximum absolute atomic E-state index is 12.9. The Hall–Kier alpha value is -2.55. The standard InChI is InChI=1S/C24H29N5O2S/c1-16-17(2)32-24-22(16)23(31)25-20(26-24)14-27-9-11-28(12-10-27)15-21(30)29-8-7-18-5-3-4-6-19(18)13-29/h3-6H,7-15H2,1-2H3,(H,25,26,31). The van der Waals surface area contributed by atoms with Gasteiger partial charge in [-0.2, -0.15) is 0 Å². The van der Waals surface area contributed by atoms with E-state index in [0.717, 1.165) is 72.2 Å². The minimum absolute atomic E-state index is 0.0424. The lowest BCUT2D eigenvalue weighted by Gasteiger charge is -2.36. The Labute approximate surface area is 191 Å². The minimum atomic E-state index is -0.0424. The molecule has 0 unspecified atom stereocenters. The van der Waals surface area contributed by atoms with E-state index in [2.05, 4.69) is 33.0 Å². The second-order valence-corrected chi connectivity index (χ2v) is 10.1. The number of fused-ring (bicyclic) bond motifs is 2. The van der Waals surface area contributed by atoms with Crippen LogP contribution in [0.3, 0.4) is 0 Å². The van der Waals surface area contributed by atoms with Gasteiger partial charge in [-0.1, -0.05) is 24.3 Å². The number of amides is 1. The number of hydrogen-bond acceptors (Lipinski definition) is 6. The molecule has 1 fully saturated rings. The summed E-state index contributed by atoms with van der Waals surface area (Å²) >= 11 is 1.59. The van der Waals surface area contributed by atoms with Gasteiger partial charge in [0.1, 0.15) is 10.7 Å². The fourth-order valence-corrected chi connectivity index (χ4v) is 5.74. The van der Waals surface area contributed by atoms with E-state index in [1.807, 2.05) is 24.8 Å². The van der Waals surface area contributed by atoms with Gasteiger partial charge in [-0.25, -0.2) is 4.98 Å². The molecule has 0 radical (unpaired) electrons. The quantitative estimate of drug-likeness (QED) is 0.659. The van der Waals surface area contributed by atoms with Crippen LogP contribution in [0.4, 0.5) is 0 Å². The fourth-order valence-electron chi connectivity index (χ4n) is 4.69. The maximum atomic E-state index is 12.9. The van der Waals surface area contributed by atoms with Gasteiger partial charge >= 0.3 is 0 Å². The molecule has 2 aromatic heterocycles. The van der Waals surface area contributed by atoms with Crippen molar-refractivity contribution in [2.75, 3.05) is 39.3 Å². The largest absolute Gasteiger partial charge is 0.337 e. The van der Waals surface area contributed by atoms with Crippen molar-refractivity contribution in [2.45, 2.75) is 33.4 Å². The third-order valence-corrected chi connectivity index (χ3v) is 7.87. The average Bonchev–Trinajstić information content (AvgIpc) is 3.08. The van der Waals surface area contributed by atoms with Crippen LogP contribution in [0.15, 0.2) is 29.1 Å². The second kappa shape index (κ2) is 8.77. The fraction of sp³-hybridized carbons (Fsp3) is 0.458. The zero-order valence-corrected chi connectivity index (χ0v) is 19.5. The molecule has 1 amide bonds. The molecule has 1 aromatic carbocycles. The molecule has 0 aliphatic carbocycles. The monoisotopic (exact) mass is 451 g/mol. The van der Waals surface area contributed by atoms with Gasteiger partial charge in [-0.05, 0) is 37.0 Å². The summed E-state index contributed by atoms with van der Waals surface area (Å²) in [6, 6.07) is 8.41. The number of piperazine rings is 1. The zero-order chi connectivity index (χ0) is 22.2. The first kappa shape index (κ1) is 21.3. The van der Waals surface area contributed by atoms with E-state index in [9.17, 15) is 9.59 Å². The number of H-pyrrole nitrogens is 1. The van der Waals surface area contributed by atoms with E-state index < -0.39 is 0 Å². The van der Waals surface area contributed by atoms with Crippen molar-refractivity contribution >= 4 is 27.5 Å². The van der Waals surface area contributed by atoms with E-state index in [-0.39, 0.29) is 11.5 Å². The molecule has 1 N–H and O–H groups in total. The Kier molecular flexibility index (Phi) is 5.84. The summed E-state index contributed by atoms with van der Waals surface area (Å²) in [7, 11) is 0. The van der Waals surface area contributed by atoms with Crippen LogP contribution in [0.1, 0.15) is 27.4 Å². The van der Waals surface area contributed by atoms with Gasteiger partial charge in [-0.3, -0.25) is 19.4 Å². The molecule has 4 heterocycles. The highest BCUT2D eigenvalue weighted by Crippen LogP contribution is 2.26. The van der Waals surface area contributed by atoms with Gasteiger partial charge in [0, 0.05) is 44.1 Å². The number of hydrogen-bond donors (Lipinski definition) is 1. The highest BCUT2D eigenvalue weighted by molar-refractivity contribution is 7.18. The molecule has 0 atom stereocenters.